The molecule has 0 heterocycles. The van der Waals surface area contributed by atoms with Gasteiger partial charge in [0.25, 0.3) is 10.0 Å². The lowest BCUT2D eigenvalue weighted by atomic mass is 10.1. The van der Waals surface area contributed by atoms with Crippen LogP contribution in [0.4, 0.5) is 10.1 Å². The van der Waals surface area contributed by atoms with E-state index in [1.165, 1.54) is 49.1 Å². The van der Waals surface area contributed by atoms with Gasteiger partial charge in [-0.05, 0) is 73.0 Å². The number of halogens is 1. The third kappa shape index (κ3) is 5.90. The predicted molar refractivity (Wildman–Crippen MR) is 126 cm³/mol. The van der Waals surface area contributed by atoms with Crippen LogP contribution in [0.25, 0.3) is 0 Å². The van der Waals surface area contributed by atoms with Crippen LogP contribution in [0.5, 0.6) is 5.75 Å². The summed E-state index contributed by atoms with van der Waals surface area (Å²) in [5, 5.41) is 2.85. The molecule has 3 aromatic carbocycles. The van der Waals surface area contributed by atoms with Crippen molar-refractivity contribution in [2.75, 3.05) is 18.0 Å². The van der Waals surface area contributed by atoms with E-state index >= 15 is 0 Å². The fourth-order valence-electron chi connectivity index (χ4n) is 3.34. The van der Waals surface area contributed by atoms with E-state index in [0.29, 0.717) is 5.75 Å². The normalized spacial score (nSPS) is 12.1. The number of amides is 1. The molecular weight excluding hydrogens is 443 g/mol. The number of carbonyl (C=O) groups excluding carboxylic acids is 1. The van der Waals surface area contributed by atoms with E-state index in [9.17, 15) is 17.6 Å². The van der Waals surface area contributed by atoms with Gasteiger partial charge in [0.1, 0.15) is 18.1 Å². The van der Waals surface area contributed by atoms with Gasteiger partial charge in [-0.15, -0.1) is 0 Å². The molecule has 0 bridgehead atoms. The number of benzene rings is 3. The third-order valence-corrected chi connectivity index (χ3v) is 7.10. The topological polar surface area (TPSA) is 75.7 Å². The Hall–Kier alpha value is -3.39. The summed E-state index contributed by atoms with van der Waals surface area (Å²) in [5.41, 5.74) is 2.28. The highest BCUT2D eigenvalue weighted by molar-refractivity contribution is 7.92. The molecule has 3 rings (SSSR count). The average Bonchev–Trinajstić information content (AvgIpc) is 2.83. The maximum absolute atomic E-state index is 13.5. The number of aryl methyl sites for hydroxylation is 1. The van der Waals surface area contributed by atoms with Crippen LogP contribution in [0.1, 0.15) is 31.0 Å². The Morgan fingerprint density at radius 3 is 2.15 bits per heavy atom. The van der Waals surface area contributed by atoms with Crippen LogP contribution in [-0.2, 0) is 21.2 Å². The zero-order chi connectivity index (χ0) is 24.0. The van der Waals surface area contributed by atoms with E-state index in [0.717, 1.165) is 28.4 Å². The number of anilines is 1. The van der Waals surface area contributed by atoms with Gasteiger partial charge in [-0.1, -0.05) is 31.2 Å². The highest BCUT2D eigenvalue weighted by Gasteiger charge is 2.28. The maximum Gasteiger partial charge on any atom is 0.264 e. The van der Waals surface area contributed by atoms with Crippen molar-refractivity contribution in [3.05, 3.63) is 89.7 Å². The van der Waals surface area contributed by atoms with Gasteiger partial charge >= 0.3 is 0 Å². The summed E-state index contributed by atoms with van der Waals surface area (Å²) in [4.78, 5) is 12.9. The van der Waals surface area contributed by atoms with Gasteiger partial charge in [0.2, 0.25) is 5.91 Å². The first-order valence-corrected chi connectivity index (χ1v) is 12.0. The Labute approximate surface area is 194 Å². The van der Waals surface area contributed by atoms with Crippen molar-refractivity contribution in [1.29, 1.82) is 0 Å². The van der Waals surface area contributed by atoms with Crippen LogP contribution in [-0.4, -0.2) is 28.0 Å². The lowest BCUT2D eigenvalue weighted by Gasteiger charge is -2.25. The molecule has 1 N–H and O–H groups in total. The molecule has 1 atom stereocenters. The fourth-order valence-corrected chi connectivity index (χ4v) is 4.76. The largest absolute Gasteiger partial charge is 0.497 e. The van der Waals surface area contributed by atoms with Crippen molar-refractivity contribution >= 4 is 21.6 Å². The second kappa shape index (κ2) is 10.5. The molecular formula is C25H27FN2O4S. The first kappa shape index (κ1) is 24.3. The number of sulfonamides is 1. The van der Waals surface area contributed by atoms with E-state index in [-0.39, 0.29) is 16.6 Å². The lowest BCUT2D eigenvalue weighted by molar-refractivity contribution is -0.120. The summed E-state index contributed by atoms with van der Waals surface area (Å²) < 4.78 is 46.3. The zero-order valence-electron chi connectivity index (χ0n) is 18.8. The van der Waals surface area contributed by atoms with Crippen LogP contribution >= 0.6 is 0 Å². The molecule has 3 aromatic rings. The minimum atomic E-state index is -4.10. The quantitative estimate of drug-likeness (QED) is 0.501. The van der Waals surface area contributed by atoms with Gasteiger partial charge in [-0.2, -0.15) is 0 Å². The number of nitrogens with one attached hydrogen (secondary N) is 1. The van der Waals surface area contributed by atoms with Gasteiger partial charge in [-0.3, -0.25) is 9.10 Å². The van der Waals surface area contributed by atoms with Crippen LogP contribution in [0.2, 0.25) is 0 Å². The van der Waals surface area contributed by atoms with E-state index in [2.05, 4.69) is 12.2 Å². The number of hydrogen-bond donors (Lipinski definition) is 1. The number of carbonyl (C=O) groups is 1. The second-order valence-corrected chi connectivity index (χ2v) is 9.41. The van der Waals surface area contributed by atoms with Gasteiger partial charge in [0.15, 0.2) is 0 Å². The van der Waals surface area contributed by atoms with E-state index in [1.54, 1.807) is 0 Å². The SMILES string of the molecule is CCc1ccc([C@@H](C)NC(=O)CN(c2ccc(F)cc2)S(=O)(=O)c2ccc(OC)cc2)cc1. The van der Waals surface area contributed by atoms with Gasteiger partial charge in [0, 0.05) is 0 Å². The van der Waals surface area contributed by atoms with Crippen molar-refractivity contribution < 1.29 is 22.3 Å². The molecule has 8 heteroatoms. The Morgan fingerprint density at radius 1 is 1.00 bits per heavy atom. The Balaban J connectivity index is 1.86. The van der Waals surface area contributed by atoms with Crippen molar-refractivity contribution in [3.63, 3.8) is 0 Å². The van der Waals surface area contributed by atoms with Crippen molar-refractivity contribution in [3.8, 4) is 5.75 Å². The van der Waals surface area contributed by atoms with Crippen molar-refractivity contribution in [1.82, 2.24) is 5.32 Å². The molecule has 33 heavy (non-hydrogen) atoms. The smallest absolute Gasteiger partial charge is 0.264 e. The summed E-state index contributed by atoms with van der Waals surface area (Å²) in [5.74, 6) is -0.486. The third-order valence-electron chi connectivity index (χ3n) is 5.31. The van der Waals surface area contributed by atoms with Crippen molar-refractivity contribution in [2.24, 2.45) is 0 Å². The molecule has 0 unspecified atom stereocenters. The molecule has 174 valence electrons. The van der Waals surface area contributed by atoms with Gasteiger partial charge in [0.05, 0.1) is 23.7 Å². The lowest BCUT2D eigenvalue weighted by Crippen LogP contribution is -2.41. The molecule has 0 aliphatic carbocycles. The number of rotatable bonds is 9. The number of nitrogens with zero attached hydrogens (tertiary/aromatic N) is 1. The number of ether oxygens (including phenoxy) is 1. The Bertz CT molecular complexity index is 1180. The minimum Gasteiger partial charge on any atom is -0.497 e. The highest BCUT2D eigenvalue weighted by atomic mass is 32.2. The minimum absolute atomic E-state index is 0.0105. The first-order valence-electron chi connectivity index (χ1n) is 10.5. The molecule has 0 aromatic heterocycles. The summed E-state index contributed by atoms with van der Waals surface area (Å²) in [6.45, 7) is 3.43. The van der Waals surface area contributed by atoms with E-state index < -0.39 is 28.3 Å². The van der Waals surface area contributed by atoms with Crippen LogP contribution < -0.4 is 14.4 Å². The molecule has 0 radical (unpaired) electrons. The monoisotopic (exact) mass is 470 g/mol. The van der Waals surface area contributed by atoms with Crippen LogP contribution in [0.15, 0.2) is 77.7 Å². The highest BCUT2D eigenvalue weighted by Crippen LogP contribution is 2.25. The second-order valence-electron chi connectivity index (χ2n) is 7.55. The molecule has 0 aliphatic rings. The zero-order valence-corrected chi connectivity index (χ0v) is 19.6. The van der Waals surface area contributed by atoms with E-state index in [4.69, 9.17) is 4.74 Å². The van der Waals surface area contributed by atoms with E-state index in [1.807, 2.05) is 31.2 Å². The predicted octanol–water partition coefficient (Wildman–Crippen LogP) is 4.47. The average molecular weight is 471 g/mol. The molecule has 0 saturated heterocycles. The summed E-state index contributed by atoms with van der Waals surface area (Å²) in [7, 11) is -2.62. The summed E-state index contributed by atoms with van der Waals surface area (Å²) in [6, 6.07) is 18.4. The molecule has 0 aliphatic heterocycles. The fraction of sp³-hybridized carbons (Fsp3) is 0.240. The molecule has 0 spiro atoms. The number of hydrogen-bond acceptors (Lipinski definition) is 4. The van der Waals surface area contributed by atoms with Crippen LogP contribution in [0, 0.1) is 5.82 Å². The Morgan fingerprint density at radius 2 is 1.61 bits per heavy atom. The maximum atomic E-state index is 13.5. The first-order chi connectivity index (χ1) is 15.7. The van der Waals surface area contributed by atoms with Crippen molar-refractivity contribution in [2.45, 2.75) is 31.2 Å². The van der Waals surface area contributed by atoms with Crippen LogP contribution in [0.3, 0.4) is 0 Å². The van der Waals surface area contributed by atoms with Gasteiger partial charge < -0.3 is 10.1 Å². The summed E-state index contributed by atoms with van der Waals surface area (Å²) in [6.07, 6.45) is 0.914. The van der Waals surface area contributed by atoms with Gasteiger partial charge in [-0.25, -0.2) is 12.8 Å². The standard InChI is InChI=1S/C25H27FN2O4S/c1-4-19-5-7-20(8-6-19)18(2)27-25(29)17-28(22-11-9-21(26)10-12-22)33(30,31)24-15-13-23(32-3)14-16-24/h5-16,18H,4,17H2,1-3H3,(H,27,29)/t18-/m1/s1. The molecule has 6 nitrogen and oxygen atoms in total. The summed E-state index contributed by atoms with van der Waals surface area (Å²) >= 11 is 0. The number of methoxy groups -OCH3 is 1. The molecule has 0 saturated carbocycles. The molecule has 0 fully saturated rings. The Kier molecular flexibility index (Phi) is 7.71. The molecule has 1 amide bonds.